The van der Waals surface area contributed by atoms with Crippen LogP contribution in [0, 0.1) is 23.2 Å². The molecule has 1 aromatic rings. The molecule has 1 aliphatic heterocycles. The van der Waals surface area contributed by atoms with Gasteiger partial charge in [-0.25, -0.2) is 13.1 Å². The Morgan fingerprint density at radius 1 is 1.26 bits per heavy atom. The summed E-state index contributed by atoms with van der Waals surface area (Å²) in [7, 11) is -3.29. The van der Waals surface area contributed by atoms with Gasteiger partial charge in [0, 0.05) is 6.04 Å². The minimum absolute atomic E-state index is 0.0257. The summed E-state index contributed by atoms with van der Waals surface area (Å²) in [5, 5.41) is 11.9. The molecule has 1 saturated heterocycles. The second-order valence-electron chi connectivity index (χ2n) is 5.20. The maximum absolute atomic E-state index is 12.0. The number of nitriles is 1. The first-order valence-electron chi connectivity index (χ1n) is 6.29. The van der Waals surface area contributed by atoms with Crippen LogP contribution in [0.3, 0.4) is 0 Å². The fourth-order valence-corrected chi connectivity index (χ4v) is 4.22. The van der Waals surface area contributed by atoms with Crippen molar-refractivity contribution in [2.24, 2.45) is 11.8 Å². The van der Waals surface area contributed by atoms with Crippen molar-refractivity contribution >= 4 is 10.0 Å². The third kappa shape index (κ3) is 2.63. The van der Waals surface area contributed by atoms with Crippen molar-refractivity contribution in [1.82, 2.24) is 10.0 Å². The molecule has 2 atom stereocenters. The first kappa shape index (κ1) is 12.6. The van der Waals surface area contributed by atoms with Crippen molar-refractivity contribution in [2.45, 2.75) is 11.8 Å². The van der Waals surface area contributed by atoms with Gasteiger partial charge in [-0.05, 0) is 42.6 Å². The minimum atomic E-state index is -3.29. The number of nitrogens with zero attached hydrogens (tertiary/aromatic N) is 1. The van der Waals surface area contributed by atoms with E-state index in [0.29, 0.717) is 23.0 Å². The van der Waals surface area contributed by atoms with E-state index >= 15 is 0 Å². The second-order valence-corrected chi connectivity index (χ2v) is 6.95. The monoisotopic (exact) mass is 277 g/mol. The van der Waals surface area contributed by atoms with Crippen LogP contribution in [0.4, 0.5) is 0 Å². The Hall–Kier alpha value is -1.42. The molecule has 0 amide bonds. The lowest BCUT2D eigenvalue weighted by Gasteiger charge is -2.09. The largest absolute Gasteiger partial charge is 0.316 e. The first-order valence-corrected chi connectivity index (χ1v) is 7.94. The van der Waals surface area contributed by atoms with Crippen molar-refractivity contribution < 1.29 is 8.42 Å². The molecule has 1 heterocycles. The molecular formula is C13H15N3O2S. The molecule has 0 aromatic heterocycles. The standard InChI is InChI=1S/C13H15N3O2S/c14-5-9-1-3-10(4-2-9)8-19(17,18)16-13-11-6-15-7-12(11)13/h1-4,11-13,15-16H,6-8H2. The third-order valence-corrected chi connectivity index (χ3v) is 5.19. The Morgan fingerprint density at radius 3 is 2.47 bits per heavy atom. The van der Waals surface area contributed by atoms with Gasteiger partial charge in [-0.2, -0.15) is 5.26 Å². The van der Waals surface area contributed by atoms with E-state index in [1.165, 1.54) is 0 Å². The Balaban J connectivity index is 1.63. The lowest BCUT2D eigenvalue weighted by Crippen LogP contribution is -2.33. The topological polar surface area (TPSA) is 82.0 Å². The number of piperidine rings is 1. The number of sulfonamides is 1. The van der Waals surface area contributed by atoms with Crippen LogP contribution in [0.5, 0.6) is 0 Å². The molecule has 0 bridgehead atoms. The number of nitrogens with one attached hydrogen (secondary N) is 2. The van der Waals surface area contributed by atoms with E-state index in [1.807, 2.05) is 6.07 Å². The Bertz CT molecular complexity index is 608. The number of rotatable bonds is 4. The molecule has 2 aliphatic rings. The summed E-state index contributed by atoms with van der Waals surface area (Å²) >= 11 is 0. The molecule has 3 rings (SSSR count). The van der Waals surface area contributed by atoms with Crippen LogP contribution in [0.25, 0.3) is 0 Å². The molecule has 2 unspecified atom stereocenters. The zero-order valence-corrected chi connectivity index (χ0v) is 11.2. The van der Waals surface area contributed by atoms with Crippen molar-refractivity contribution in [2.75, 3.05) is 13.1 Å². The molecular weight excluding hydrogens is 262 g/mol. The molecule has 2 N–H and O–H groups in total. The normalized spacial score (nSPS) is 28.7. The zero-order valence-electron chi connectivity index (χ0n) is 10.3. The van der Waals surface area contributed by atoms with Gasteiger partial charge in [0.15, 0.2) is 0 Å². The van der Waals surface area contributed by atoms with Gasteiger partial charge in [0.05, 0.1) is 17.4 Å². The van der Waals surface area contributed by atoms with E-state index in [1.54, 1.807) is 24.3 Å². The third-order valence-electron chi connectivity index (χ3n) is 3.85. The summed E-state index contributed by atoms with van der Waals surface area (Å²) in [5.41, 5.74) is 1.24. The van der Waals surface area contributed by atoms with Gasteiger partial charge in [-0.15, -0.1) is 0 Å². The SMILES string of the molecule is N#Cc1ccc(CS(=O)(=O)NC2C3CNCC32)cc1. The van der Waals surface area contributed by atoms with Crippen LogP contribution in [0.15, 0.2) is 24.3 Å². The van der Waals surface area contributed by atoms with Gasteiger partial charge in [0.1, 0.15) is 0 Å². The van der Waals surface area contributed by atoms with Gasteiger partial charge in [-0.3, -0.25) is 0 Å². The van der Waals surface area contributed by atoms with Crippen LogP contribution in [0.2, 0.25) is 0 Å². The van der Waals surface area contributed by atoms with Gasteiger partial charge in [-0.1, -0.05) is 12.1 Å². The van der Waals surface area contributed by atoms with Crippen LogP contribution in [-0.2, 0) is 15.8 Å². The average Bonchev–Trinajstić information content (AvgIpc) is 2.83. The smallest absolute Gasteiger partial charge is 0.216 e. The van der Waals surface area contributed by atoms with Gasteiger partial charge < -0.3 is 5.32 Å². The van der Waals surface area contributed by atoms with Crippen molar-refractivity contribution in [3.05, 3.63) is 35.4 Å². The fraction of sp³-hybridized carbons (Fsp3) is 0.462. The molecule has 1 aromatic carbocycles. The minimum Gasteiger partial charge on any atom is -0.316 e. The molecule has 0 radical (unpaired) electrons. The van der Waals surface area contributed by atoms with Crippen LogP contribution in [0.1, 0.15) is 11.1 Å². The molecule has 1 saturated carbocycles. The number of hydrogen-bond acceptors (Lipinski definition) is 4. The predicted molar refractivity (Wildman–Crippen MR) is 70.6 cm³/mol. The van der Waals surface area contributed by atoms with Crippen molar-refractivity contribution in [3.8, 4) is 6.07 Å². The van der Waals surface area contributed by atoms with Gasteiger partial charge in [0.2, 0.25) is 10.0 Å². The Morgan fingerprint density at radius 2 is 1.89 bits per heavy atom. The number of benzene rings is 1. The average molecular weight is 277 g/mol. The summed E-state index contributed by atoms with van der Waals surface area (Å²) in [6.07, 6.45) is 0. The summed E-state index contributed by atoms with van der Waals surface area (Å²) < 4.78 is 26.9. The van der Waals surface area contributed by atoms with Crippen molar-refractivity contribution in [3.63, 3.8) is 0 Å². The van der Waals surface area contributed by atoms with Gasteiger partial charge in [0.25, 0.3) is 0 Å². The van der Waals surface area contributed by atoms with Crippen LogP contribution >= 0.6 is 0 Å². The number of fused-ring (bicyclic) bond motifs is 1. The summed E-state index contributed by atoms with van der Waals surface area (Å²) in [5.74, 6) is 0.911. The molecule has 1 aliphatic carbocycles. The highest BCUT2D eigenvalue weighted by atomic mass is 32.2. The fourth-order valence-electron chi connectivity index (χ4n) is 2.74. The Kier molecular flexibility index (Phi) is 3.05. The summed E-state index contributed by atoms with van der Waals surface area (Å²) in [4.78, 5) is 0. The highest BCUT2D eigenvalue weighted by molar-refractivity contribution is 7.88. The van der Waals surface area contributed by atoms with E-state index < -0.39 is 10.0 Å². The predicted octanol–water partition coefficient (Wildman–Crippen LogP) is 0.195. The first-order chi connectivity index (χ1) is 9.09. The molecule has 2 fully saturated rings. The van der Waals surface area contributed by atoms with Crippen molar-refractivity contribution in [1.29, 1.82) is 5.26 Å². The maximum atomic E-state index is 12.0. The zero-order chi connectivity index (χ0) is 13.5. The molecule has 100 valence electrons. The summed E-state index contributed by atoms with van der Waals surface area (Å²) in [6.45, 7) is 1.82. The molecule has 0 spiro atoms. The lowest BCUT2D eigenvalue weighted by atomic mass is 10.2. The van der Waals surface area contributed by atoms with Gasteiger partial charge >= 0.3 is 0 Å². The lowest BCUT2D eigenvalue weighted by molar-refractivity contribution is 0.564. The highest BCUT2D eigenvalue weighted by Gasteiger charge is 2.54. The van der Waals surface area contributed by atoms with Crippen LogP contribution in [-0.4, -0.2) is 27.5 Å². The van der Waals surface area contributed by atoms with E-state index in [9.17, 15) is 8.42 Å². The van der Waals surface area contributed by atoms with E-state index in [2.05, 4.69) is 10.0 Å². The Labute approximate surface area is 112 Å². The highest BCUT2D eigenvalue weighted by Crippen LogP contribution is 2.42. The number of hydrogen-bond donors (Lipinski definition) is 2. The van der Waals surface area contributed by atoms with Crippen LogP contribution < -0.4 is 10.0 Å². The van der Waals surface area contributed by atoms with E-state index in [0.717, 1.165) is 13.1 Å². The second kappa shape index (κ2) is 4.60. The molecule has 6 heteroatoms. The summed E-state index contributed by atoms with van der Waals surface area (Å²) in [6, 6.07) is 8.78. The van der Waals surface area contributed by atoms with E-state index in [-0.39, 0.29) is 11.8 Å². The quantitative estimate of drug-likeness (QED) is 0.823. The molecule has 5 nitrogen and oxygen atoms in total. The molecule has 19 heavy (non-hydrogen) atoms. The maximum Gasteiger partial charge on any atom is 0.216 e. The van der Waals surface area contributed by atoms with E-state index in [4.69, 9.17) is 5.26 Å².